The van der Waals surface area contributed by atoms with Crippen molar-refractivity contribution in [1.29, 1.82) is 0 Å². The average molecular weight is 522 g/mol. The number of hydrogen-bond donors (Lipinski definition) is 2. The van der Waals surface area contributed by atoms with Gasteiger partial charge >= 0.3 is 0 Å². The molecule has 1 aromatic rings. The minimum atomic E-state index is -3.50. The molecule has 2 heterocycles. The maximum atomic E-state index is 12.4. The predicted molar refractivity (Wildman–Crippen MR) is 122 cm³/mol. The van der Waals surface area contributed by atoms with Gasteiger partial charge in [-0.15, -0.1) is 24.0 Å². The smallest absolute Gasteiger partial charge is 0.240 e. The lowest BCUT2D eigenvalue weighted by molar-refractivity contribution is 0.114. The van der Waals surface area contributed by atoms with Gasteiger partial charge in [0.05, 0.1) is 17.5 Å². The van der Waals surface area contributed by atoms with Crippen LogP contribution in [0.5, 0.6) is 0 Å². The fourth-order valence-corrected chi connectivity index (χ4v) is 4.45. The van der Waals surface area contributed by atoms with Crippen LogP contribution >= 0.6 is 24.0 Å². The Bertz CT molecular complexity index is 728. The Kier molecular flexibility index (Phi) is 9.45. The number of nitrogens with one attached hydrogen (secondary N) is 2. The van der Waals surface area contributed by atoms with Crippen LogP contribution in [0.1, 0.15) is 38.2 Å². The first-order chi connectivity index (χ1) is 13.1. The van der Waals surface area contributed by atoms with E-state index >= 15 is 0 Å². The number of aliphatic imine (C=N–C) groups is 1. The van der Waals surface area contributed by atoms with Crippen molar-refractivity contribution < 1.29 is 13.2 Å². The van der Waals surface area contributed by atoms with Crippen molar-refractivity contribution in [3.8, 4) is 0 Å². The zero-order valence-corrected chi connectivity index (χ0v) is 19.5. The van der Waals surface area contributed by atoms with Crippen molar-refractivity contribution in [2.75, 3.05) is 32.8 Å². The van der Waals surface area contributed by atoms with Gasteiger partial charge in [0, 0.05) is 32.8 Å². The summed E-state index contributed by atoms with van der Waals surface area (Å²) in [5.41, 5.74) is 0.989. The second-order valence-electron chi connectivity index (χ2n) is 7.00. The van der Waals surface area contributed by atoms with Gasteiger partial charge in [-0.1, -0.05) is 12.1 Å². The number of benzene rings is 1. The SMILES string of the molecule is CCNC(=NCc1ccc(S(=O)(=O)NCC2CCCO2)cc1)N1CCCC1.I. The summed E-state index contributed by atoms with van der Waals surface area (Å²) < 4.78 is 32.9. The van der Waals surface area contributed by atoms with Gasteiger partial charge in [-0.25, -0.2) is 18.1 Å². The third-order valence-corrected chi connectivity index (χ3v) is 6.35. The zero-order valence-electron chi connectivity index (χ0n) is 16.4. The fourth-order valence-electron chi connectivity index (χ4n) is 3.39. The first-order valence-electron chi connectivity index (χ1n) is 9.82. The molecular formula is C19H31IN4O3S. The molecule has 9 heteroatoms. The molecule has 2 aliphatic rings. The lowest BCUT2D eigenvalue weighted by Crippen LogP contribution is -2.39. The van der Waals surface area contributed by atoms with Crippen LogP contribution in [0.4, 0.5) is 0 Å². The van der Waals surface area contributed by atoms with Crippen molar-refractivity contribution in [2.45, 2.75) is 50.2 Å². The lowest BCUT2D eigenvalue weighted by atomic mass is 10.2. The van der Waals surface area contributed by atoms with Crippen LogP contribution in [0.15, 0.2) is 34.2 Å². The first kappa shape index (κ1) is 23.4. The maximum absolute atomic E-state index is 12.4. The summed E-state index contributed by atoms with van der Waals surface area (Å²) in [6, 6.07) is 6.95. The van der Waals surface area contributed by atoms with E-state index in [2.05, 4.69) is 21.9 Å². The Balaban J connectivity index is 0.00000280. The molecule has 0 saturated carbocycles. The van der Waals surface area contributed by atoms with E-state index < -0.39 is 10.0 Å². The number of guanidine groups is 1. The van der Waals surface area contributed by atoms with Crippen molar-refractivity contribution >= 4 is 40.0 Å². The molecule has 28 heavy (non-hydrogen) atoms. The van der Waals surface area contributed by atoms with Crippen molar-refractivity contribution in [3.63, 3.8) is 0 Å². The molecule has 3 rings (SSSR count). The highest BCUT2D eigenvalue weighted by Gasteiger charge is 2.20. The normalized spacial score (nSPS) is 20.2. The van der Waals surface area contributed by atoms with Crippen LogP contribution in [-0.2, 0) is 21.3 Å². The number of halogens is 1. The largest absolute Gasteiger partial charge is 0.377 e. The summed E-state index contributed by atoms with van der Waals surface area (Å²) in [5, 5.41) is 3.33. The fraction of sp³-hybridized carbons (Fsp3) is 0.632. The Hall–Kier alpha value is -0.910. The number of nitrogens with zero attached hydrogens (tertiary/aromatic N) is 2. The summed E-state index contributed by atoms with van der Waals surface area (Å²) in [4.78, 5) is 7.25. The van der Waals surface area contributed by atoms with E-state index in [1.165, 1.54) is 12.8 Å². The van der Waals surface area contributed by atoms with Crippen molar-refractivity contribution in [1.82, 2.24) is 14.9 Å². The van der Waals surface area contributed by atoms with Crippen molar-refractivity contribution in [2.24, 2.45) is 4.99 Å². The predicted octanol–water partition coefficient (Wildman–Crippen LogP) is 2.32. The van der Waals surface area contributed by atoms with Crippen LogP contribution in [0, 0.1) is 0 Å². The van der Waals surface area contributed by atoms with Gasteiger partial charge in [-0.05, 0) is 50.3 Å². The second-order valence-corrected chi connectivity index (χ2v) is 8.76. The molecule has 0 amide bonds. The average Bonchev–Trinajstić information content (AvgIpc) is 3.38. The van der Waals surface area contributed by atoms with Gasteiger partial charge in [0.1, 0.15) is 0 Å². The number of likely N-dealkylation sites (tertiary alicyclic amines) is 1. The molecule has 158 valence electrons. The van der Waals surface area contributed by atoms with Crippen LogP contribution in [0.2, 0.25) is 0 Å². The van der Waals surface area contributed by atoms with Gasteiger partial charge in [-0.2, -0.15) is 0 Å². The molecule has 0 radical (unpaired) electrons. The minimum absolute atomic E-state index is 0. The van der Waals surface area contributed by atoms with Gasteiger partial charge in [0.15, 0.2) is 5.96 Å². The maximum Gasteiger partial charge on any atom is 0.240 e. The molecule has 0 bridgehead atoms. The van der Waals surface area contributed by atoms with Gasteiger partial charge in [0.25, 0.3) is 0 Å². The molecule has 0 aliphatic carbocycles. The molecule has 2 aliphatic heterocycles. The Morgan fingerprint density at radius 3 is 2.54 bits per heavy atom. The molecule has 2 N–H and O–H groups in total. The van der Waals surface area contributed by atoms with E-state index in [9.17, 15) is 8.42 Å². The van der Waals surface area contributed by atoms with Gasteiger partial charge < -0.3 is 15.0 Å². The number of rotatable bonds is 7. The molecule has 1 aromatic carbocycles. The van der Waals surface area contributed by atoms with E-state index in [0.717, 1.165) is 44.0 Å². The molecule has 2 fully saturated rings. The van der Waals surface area contributed by atoms with E-state index in [0.29, 0.717) is 19.7 Å². The highest BCUT2D eigenvalue weighted by atomic mass is 127. The minimum Gasteiger partial charge on any atom is -0.377 e. The molecule has 2 saturated heterocycles. The summed E-state index contributed by atoms with van der Waals surface area (Å²) in [7, 11) is -3.50. The first-order valence-corrected chi connectivity index (χ1v) is 11.3. The summed E-state index contributed by atoms with van der Waals surface area (Å²) >= 11 is 0. The van der Waals surface area contributed by atoms with E-state index in [1.807, 2.05) is 12.1 Å². The number of ether oxygens (including phenoxy) is 1. The van der Waals surface area contributed by atoms with E-state index in [1.54, 1.807) is 12.1 Å². The lowest BCUT2D eigenvalue weighted by Gasteiger charge is -2.20. The molecule has 7 nitrogen and oxygen atoms in total. The quantitative estimate of drug-likeness (QED) is 0.327. The molecule has 0 spiro atoms. The Morgan fingerprint density at radius 1 is 1.21 bits per heavy atom. The standard InChI is InChI=1S/C19H30N4O3S.HI/c1-2-20-19(23-11-3-4-12-23)21-14-16-7-9-18(10-8-16)27(24,25)22-15-17-6-5-13-26-17;/h7-10,17,22H,2-6,11-15H2,1H3,(H,20,21);1H. The molecule has 1 atom stereocenters. The van der Waals surface area contributed by atoms with Gasteiger partial charge in [-0.3, -0.25) is 0 Å². The summed E-state index contributed by atoms with van der Waals surface area (Å²) in [6.45, 7) is 6.56. The summed E-state index contributed by atoms with van der Waals surface area (Å²) in [5.74, 6) is 0.935. The second kappa shape index (κ2) is 11.3. The summed E-state index contributed by atoms with van der Waals surface area (Å²) in [6.07, 6.45) is 4.30. The monoisotopic (exact) mass is 522 g/mol. The molecule has 1 unspecified atom stereocenters. The zero-order chi connectivity index (χ0) is 19.1. The third-order valence-electron chi connectivity index (χ3n) is 4.91. The van der Waals surface area contributed by atoms with E-state index in [-0.39, 0.29) is 35.0 Å². The number of sulfonamides is 1. The highest BCUT2D eigenvalue weighted by molar-refractivity contribution is 14.0. The van der Waals surface area contributed by atoms with Crippen LogP contribution in [-0.4, -0.2) is 58.2 Å². The van der Waals surface area contributed by atoms with E-state index in [4.69, 9.17) is 9.73 Å². The van der Waals surface area contributed by atoms with Crippen LogP contribution in [0.25, 0.3) is 0 Å². The van der Waals surface area contributed by atoms with Gasteiger partial charge in [0.2, 0.25) is 10.0 Å². The topological polar surface area (TPSA) is 83.0 Å². The van der Waals surface area contributed by atoms with Crippen LogP contribution in [0.3, 0.4) is 0 Å². The van der Waals surface area contributed by atoms with Crippen LogP contribution < -0.4 is 10.0 Å². The Morgan fingerprint density at radius 2 is 1.93 bits per heavy atom. The highest BCUT2D eigenvalue weighted by Crippen LogP contribution is 2.15. The number of hydrogen-bond acceptors (Lipinski definition) is 4. The Labute approximate surface area is 185 Å². The third kappa shape index (κ3) is 6.57. The molecule has 0 aromatic heterocycles. The van der Waals surface area contributed by atoms with Crippen molar-refractivity contribution in [3.05, 3.63) is 29.8 Å². The molecular weight excluding hydrogens is 491 g/mol.